The van der Waals surface area contributed by atoms with E-state index in [1.807, 2.05) is 43.9 Å². The van der Waals surface area contributed by atoms with Crippen LogP contribution in [0.25, 0.3) is 0 Å². The quantitative estimate of drug-likeness (QED) is 0.781. The third-order valence-electron chi connectivity index (χ3n) is 3.07. The van der Waals surface area contributed by atoms with E-state index in [9.17, 15) is 10.1 Å². The summed E-state index contributed by atoms with van der Waals surface area (Å²) in [6, 6.07) is 7.86. The van der Waals surface area contributed by atoms with Crippen molar-refractivity contribution >= 4 is 23.4 Å². The molecule has 0 saturated carbocycles. The van der Waals surface area contributed by atoms with Crippen LogP contribution < -0.4 is 4.90 Å². The second-order valence-electron chi connectivity index (χ2n) is 4.43. The molecule has 0 heterocycles. The van der Waals surface area contributed by atoms with E-state index in [0.717, 1.165) is 16.3 Å². The van der Waals surface area contributed by atoms with Crippen LogP contribution in [-0.2, 0) is 4.79 Å². The van der Waals surface area contributed by atoms with Crippen LogP contribution in [0.2, 0.25) is 0 Å². The van der Waals surface area contributed by atoms with Gasteiger partial charge in [-0.3, -0.25) is 4.79 Å². The highest BCUT2D eigenvalue weighted by atomic mass is 32.2. The lowest BCUT2D eigenvalue weighted by atomic mass is 10.1. The zero-order valence-corrected chi connectivity index (χ0v) is 12.9. The van der Waals surface area contributed by atoms with Crippen molar-refractivity contribution in [3.05, 3.63) is 23.8 Å². The molecule has 5 heteroatoms. The molecule has 20 heavy (non-hydrogen) atoms. The second kappa shape index (κ2) is 7.81. The zero-order chi connectivity index (χ0) is 15.1. The Morgan fingerprint density at radius 2 is 2.20 bits per heavy atom. The summed E-state index contributed by atoms with van der Waals surface area (Å²) in [6.45, 7) is 6.56. The predicted octanol–water partition coefficient (Wildman–Crippen LogP) is 3.36. The number of benzene rings is 1. The Labute approximate surface area is 124 Å². The van der Waals surface area contributed by atoms with Crippen molar-refractivity contribution in [1.29, 1.82) is 5.26 Å². The molecular weight excluding hydrogens is 272 g/mol. The maximum Gasteiger partial charge on any atom is 0.305 e. The van der Waals surface area contributed by atoms with E-state index in [1.165, 1.54) is 0 Å². The van der Waals surface area contributed by atoms with Crippen LogP contribution in [-0.4, -0.2) is 29.4 Å². The average Bonchev–Trinajstić information content (AvgIpc) is 2.39. The van der Waals surface area contributed by atoms with Gasteiger partial charge in [0.1, 0.15) is 6.07 Å². The first-order valence-electron chi connectivity index (χ1n) is 6.69. The molecule has 0 aromatic heterocycles. The molecule has 0 aliphatic rings. The minimum atomic E-state index is -0.825. The van der Waals surface area contributed by atoms with Crippen LogP contribution in [0.15, 0.2) is 23.1 Å². The Morgan fingerprint density at radius 1 is 1.50 bits per heavy atom. The molecule has 0 fully saturated rings. The third-order valence-corrected chi connectivity index (χ3v) is 4.01. The largest absolute Gasteiger partial charge is 0.481 e. The van der Waals surface area contributed by atoms with Gasteiger partial charge >= 0.3 is 5.97 Å². The van der Waals surface area contributed by atoms with Gasteiger partial charge < -0.3 is 10.0 Å². The summed E-state index contributed by atoms with van der Waals surface area (Å²) in [7, 11) is 0. The van der Waals surface area contributed by atoms with Crippen LogP contribution in [0, 0.1) is 11.3 Å². The van der Waals surface area contributed by atoms with Crippen LogP contribution in [0.5, 0.6) is 0 Å². The van der Waals surface area contributed by atoms with Gasteiger partial charge in [0.25, 0.3) is 0 Å². The molecule has 1 rings (SSSR count). The molecule has 0 amide bonds. The maximum atomic E-state index is 10.9. The maximum absolute atomic E-state index is 10.9. The molecule has 0 saturated heterocycles. The molecule has 0 bridgehead atoms. The van der Waals surface area contributed by atoms with Crippen LogP contribution in [0.4, 0.5) is 5.69 Å². The van der Waals surface area contributed by atoms with E-state index >= 15 is 0 Å². The van der Waals surface area contributed by atoms with Crippen LogP contribution in [0.3, 0.4) is 0 Å². The Hall–Kier alpha value is -1.67. The number of carboxylic acid groups (broad SMARTS) is 1. The van der Waals surface area contributed by atoms with Gasteiger partial charge in [0.2, 0.25) is 0 Å². The van der Waals surface area contributed by atoms with E-state index in [1.54, 1.807) is 11.8 Å². The number of anilines is 1. The van der Waals surface area contributed by atoms with E-state index in [2.05, 4.69) is 6.07 Å². The minimum absolute atomic E-state index is 0.0594. The fraction of sp³-hybridized carbons (Fsp3) is 0.467. The molecule has 108 valence electrons. The Balaban J connectivity index is 3.18. The van der Waals surface area contributed by atoms with Crippen molar-refractivity contribution in [2.24, 2.45) is 0 Å². The van der Waals surface area contributed by atoms with Gasteiger partial charge in [0.05, 0.1) is 17.7 Å². The first-order chi connectivity index (χ1) is 9.54. The molecule has 1 aromatic carbocycles. The van der Waals surface area contributed by atoms with Gasteiger partial charge in [0, 0.05) is 17.5 Å². The lowest BCUT2D eigenvalue weighted by Crippen LogP contribution is -2.35. The Morgan fingerprint density at radius 3 is 2.70 bits per heavy atom. The molecule has 0 radical (unpaired) electrons. The van der Waals surface area contributed by atoms with E-state index in [-0.39, 0.29) is 12.5 Å². The van der Waals surface area contributed by atoms with Gasteiger partial charge in [-0.1, -0.05) is 13.0 Å². The molecule has 0 aliphatic heterocycles. The smallest absolute Gasteiger partial charge is 0.305 e. The lowest BCUT2D eigenvalue weighted by molar-refractivity contribution is -0.137. The van der Waals surface area contributed by atoms with Crippen molar-refractivity contribution in [1.82, 2.24) is 0 Å². The topological polar surface area (TPSA) is 64.3 Å². The monoisotopic (exact) mass is 292 g/mol. The number of hydrogen-bond donors (Lipinski definition) is 1. The molecule has 4 nitrogen and oxygen atoms in total. The fourth-order valence-electron chi connectivity index (χ4n) is 2.23. The summed E-state index contributed by atoms with van der Waals surface area (Å²) in [5, 5.41) is 18.4. The van der Waals surface area contributed by atoms with Crippen molar-refractivity contribution in [2.45, 2.75) is 38.1 Å². The molecule has 0 spiro atoms. The highest BCUT2D eigenvalue weighted by Gasteiger charge is 2.20. The third kappa shape index (κ3) is 3.91. The van der Waals surface area contributed by atoms with Crippen molar-refractivity contribution in [2.75, 3.05) is 17.2 Å². The number of carboxylic acids is 1. The number of thioether (sulfide) groups is 1. The second-order valence-corrected chi connectivity index (χ2v) is 5.73. The van der Waals surface area contributed by atoms with Gasteiger partial charge in [0.15, 0.2) is 0 Å². The number of nitrogens with zero attached hydrogens (tertiary/aromatic N) is 2. The van der Waals surface area contributed by atoms with Crippen molar-refractivity contribution < 1.29 is 9.90 Å². The SMILES string of the molecule is CCSc1cccc(N(CC)C(C)CC(=O)O)c1C#N. The number of carbonyl (C=O) groups is 1. The minimum Gasteiger partial charge on any atom is -0.481 e. The first-order valence-corrected chi connectivity index (χ1v) is 7.68. The molecule has 1 atom stereocenters. The first kappa shape index (κ1) is 16.4. The van der Waals surface area contributed by atoms with E-state index in [0.29, 0.717) is 12.1 Å². The molecule has 1 N–H and O–H groups in total. The summed E-state index contributed by atoms with van der Waals surface area (Å²) in [5.74, 6) is 0.0723. The van der Waals surface area contributed by atoms with Gasteiger partial charge in [-0.25, -0.2) is 0 Å². The predicted molar refractivity (Wildman–Crippen MR) is 82.3 cm³/mol. The van der Waals surface area contributed by atoms with Gasteiger partial charge in [-0.05, 0) is 31.7 Å². The molecule has 1 unspecified atom stereocenters. The van der Waals surface area contributed by atoms with E-state index in [4.69, 9.17) is 5.11 Å². The van der Waals surface area contributed by atoms with Crippen molar-refractivity contribution in [3.8, 4) is 6.07 Å². The highest BCUT2D eigenvalue weighted by molar-refractivity contribution is 7.99. The summed E-state index contributed by atoms with van der Waals surface area (Å²) in [5.41, 5.74) is 1.46. The van der Waals surface area contributed by atoms with E-state index < -0.39 is 5.97 Å². The molecular formula is C15H20N2O2S. The highest BCUT2D eigenvalue weighted by Crippen LogP contribution is 2.31. The summed E-state index contributed by atoms with van der Waals surface area (Å²) in [4.78, 5) is 13.8. The number of nitriles is 1. The Kier molecular flexibility index (Phi) is 6.40. The fourth-order valence-corrected chi connectivity index (χ4v) is 3.01. The van der Waals surface area contributed by atoms with Crippen LogP contribution in [0.1, 0.15) is 32.8 Å². The summed E-state index contributed by atoms with van der Waals surface area (Å²) >= 11 is 1.63. The summed E-state index contributed by atoms with van der Waals surface area (Å²) < 4.78 is 0. The number of hydrogen-bond acceptors (Lipinski definition) is 4. The summed E-state index contributed by atoms with van der Waals surface area (Å²) in [6.07, 6.45) is 0.0594. The zero-order valence-electron chi connectivity index (χ0n) is 12.1. The Bertz CT molecular complexity index is 511. The average molecular weight is 292 g/mol. The number of rotatable bonds is 7. The molecule has 1 aromatic rings. The van der Waals surface area contributed by atoms with Crippen molar-refractivity contribution in [3.63, 3.8) is 0 Å². The molecule has 0 aliphatic carbocycles. The lowest BCUT2D eigenvalue weighted by Gasteiger charge is -2.30. The van der Waals surface area contributed by atoms with Gasteiger partial charge in [-0.15, -0.1) is 11.8 Å². The van der Waals surface area contributed by atoms with Gasteiger partial charge in [-0.2, -0.15) is 5.26 Å². The standard InChI is InChI=1S/C15H20N2O2S/c1-4-17(11(3)9-15(18)19)13-7-6-8-14(20-5-2)12(13)10-16/h6-8,11H,4-5,9H2,1-3H3,(H,18,19). The normalized spacial score (nSPS) is 11.7. The number of aliphatic carboxylic acids is 1. The van der Waals surface area contributed by atoms with Crippen LogP contribution >= 0.6 is 11.8 Å².